The van der Waals surface area contributed by atoms with Crippen LogP contribution in [-0.4, -0.2) is 22.5 Å². The molecule has 0 radical (unpaired) electrons. The number of aryl methyl sites for hydroxylation is 1. The number of urea groups is 1. The van der Waals surface area contributed by atoms with Crippen LogP contribution in [-0.2, 0) is 11.8 Å². The second kappa shape index (κ2) is 6.27. The first-order valence-corrected chi connectivity index (χ1v) is 8.48. The van der Waals surface area contributed by atoms with E-state index in [4.69, 9.17) is 5.73 Å². The number of pyridine rings is 1. The van der Waals surface area contributed by atoms with Gasteiger partial charge in [-0.2, -0.15) is 0 Å². The van der Waals surface area contributed by atoms with Gasteiger partial charge in [0.15, 0.2) is 0 Å². The molecule has 1 aromatic carbocycles. The van der Waals surface area contributed by atoms with Crippen molar-refractivity contribution in [2.75, 3.05) is 6.54 Å². The van der Waals surface area contributed by atoms with Crippen molar-refractivity contribution in [2.24, 2.45) is 5.73 Å². The smallest absolute Gasteiger partial charge is 0.315 e. The van der Waals surface area contributed by atoms with E-state index < -0.39 is 0 Å². The third-order valence-electron chi connectivity index (χ3n) is 4.72. The van der Waals surface area contributed by atoms with Crippen molar-refractivity contribution in [3.63, 3.8) is 0 Å². The van der Waals surface area contributed by atoms with Gasteiger partial charge in [0.2, 0.25) is 0 Å². The van der Waals surface area contributed by atoms with Gasteiger partial charge in [0.25, 0.3) is 0 Å². The highest BCUT2D eigenvalue weighted by molar-refractivity contribution is 5.73. The standard InChI is InChI=1S/C20H25N3O/c1-20(2,3)15-10-8-14(9-11-15)18-16-6-4-12-22-17(16)7-5-13-23(18)19(21)24/h4,6,8-12,18H,5,7,13H2,1-3H3,(H2,21,24). The molecule has 1 unspecified atom stereocenters. The van der Waals surface area contributed by atoms with Gasteiger partial charge in [-0.25, -0.2) is 4.79 Å². The van der Waals surface area contributed by atoms with Gasteiger partial charge in [-0.1, -0.05) is 51.1 Å². The van der Waals surface area contributed by atoms with E-state index in [0.29, 0.717) is 6.54 Å². The Balaban J connectivity index is 2.08. The summed E-state index contributed by atoms with van der Waals surface area (Å²) in [4.78, 5) is 18.3. The Kier molecular flexibility index (Phi) is 4.31. The summed E-state index contributed by atoms with van der Waals surface area (Å²) in [6.07, 6.45) is 3.57. The summed E-state index contributed by atoms with van der Waals surface area (Å²) in [6.45, 7) is 7.24. The first-order chi connectivity index (χ1) is 11.4. The topological polar surface area (TPSA) is 59.2 Å². The van der Waals surface area contributed by atoms with E-state index in [1.165, 1.54) is 5.56 Å². The van der Waals surface area contributed by atoms with Crippen molar-refractivity contribution in [3.8, 4) is 0 Å². The van der Waals surface area contributed by atoms with Crippen LogP contribution >= 0.6 is 0 Å². The number of nitrogens with two attached hydrogens (primary N) is 1. The summed E-state index contributed by atoms with van der Waals surface area (Å²) in [5, 5.41) is 0. The van der Waals surface area contributed by atoms with Gasteiger partial charge < -0.3 is 10.6 Å². The molecule has 126 valence electrons. The number of amides is 2. The molecule has 0 aliphatic carbocycles. The summed E-state index contributed by atoms with van der Waals surface area (Å²) in [5.74, 6) is 0. The summed E-state index contributed by atoms with van der Waals surface area (Å²) >= 11 is 0. The van der Waals surface area contributed by atoms with Crippen LogP contribution in [0.25, 0.3) is 0 Å². The maximum Gasteiger partial charge on any atom is 0.315 e. The van der Waals surface area contributed by atoms with Crippen LogP contribution in [0.1, 0.15) is 55.6 Å². The van der Waals surface area contributed by atoms with E-state index in [-0.39, 0.29) is 17.5 Å². The fourth-order valence-electron chi connectivity index (χ4n) is 3.38. The quantitative estimate of drug-likeness (QED) is 0.868. The van der Waals surface area contributed by atoms with Gasteiger partial charge in [-0.05, 0) is 35.4 Å². The summed E-state index contributed by atoms with van der Waals surface area (Å²) < 4.78 is 0. The van der Waals surface area contributed by atoms with Crippen LogP contribution in [0.4, 0.5) is 4.79 Å². The fraction of sp³-hybridized carbons (Fsp3) is 0.400. The normalized spacial score (nSPS) is 18.0. The Morgan fingerprint density at radius 2 is 1.92 bits per heavy atom. The Morgan fingerprint density at radius 3 is 2.54 bits per heavy atom. The highest BCUT2D eigenvalue weighted by Crippen LogP contribution is 2.34. The predicted octanol–water partition coefficient (Wildman–Crippen LogP) is 3.80. The molecule has 0 bridgehead atoms. The Morgan fingerprint density at radius 1 is 1.21 bits per heavy atom. The van der Waals surface area contributed by atoms with Gasteiger partial charge >= 0.3 is 6.03 Å². The number of primary amides is 1. The van der Waals surface area contributed by atoms with Crippen molar-refractivity contribution in [1.82, 2.24) is 9.88 Å². The minimum atomic E-state index is -0.378. The lowest BCUT2D eigenvalue weighted by Crippen LogP contribution is -2.39. The molecule has 2 aromatic rings. The molecule has 0 saturated carbocycles. The maximum absolute atomic E-state index is 12.1. The van der Waals surface area contributed by atoms with Gasteiger partial charge in [0.1, 0.15) is 0 Å². The predicted molar refractivity (Wildman–Crippen MR) is 95.8 cm³/mol. The average molecular weight is 323 g/mol. The highest BCUT2D eigenvalue weighted by atomic mass is 16.2. The monoisotopic (exact) mass is 323 g/mol. The summed E-state index contributed by atoms with van der Waals surface area (Å²) in [5.41, 5.74) is 10.3. The first-order valence-electron chi connectivity index (χ1n) is 8.48. The number of rotatable bonds is 1. The molecule has 2 amide bonds. The number of fused-ring (bicyclic) bond motifs is 1. The second-order valence-electron chi connectivity index (χ2n) is 7.45. The Hall–Kier alpha value is -2.36. The van der Waals surface area contributed by atoms with E-state index in [1.54, 1.807) is 4.90 Å². The van der Waals surface area contributed by atoms with Crippen molar-refractivity contribution in [2.45, 2.75) is 45.1 Å². The lowest BCUT2D eigenvalue weighted by molar-refractivity contribution is 0.195. The molecule has 0 fully saturated rings. The number of benzene rings is 1. The molecule has 1 atom stereocenters. The van der Waals surface area contributed by atoms with Crippen molar-refractivity contribution >= 4 is 6.03 Å². The lowest BCUT2D eigenvalue weighted by Gasteiger charge is -2.30. The lowest BCUT2D eigenvalue weighted by atomic mass is 9.85. The van der Waals surface area contributed by atoms with E-state index >= 15 is 0 Å². The maximum atomic E-state index is 12.1. The molecular formula is C20H25N3O. The van der Waals surface area contributed by atoms with Crippen LogP contribution in [0.5, 0.6) is 0 Å². The van der Waals surface area contributed by atoms with Crippen LogP contribution in [0, 0.1) is 0 Å². The molecule has 3 rings (SSSR count). The molecule has 1 aromatic heterocycles. The fourth-order valence-corrected chi connectivity index (χ4v) is 3.38. The first kappa shape index (κ1) is 16.5. The molecule has 24 heavy (non-hydrogen) atoms. The molecule has 2 N–H and O–H groups in total. The molecule has 2 heterocycles. The Bertz CT molecular complexity index is 731. The van der Waals surface area contributed by atoms with Gasteiger partial charge in [0, 0.05) is 24.0 Å². The highest BCUT2D eigenvalue weighted by Gasteiger charge is 2.30. The number of hydrogen-bond donors (Lipinski definition) is 1. The molecule has 4 nitrogen and oxygen atoms in total. The van der Waals surface area contributed by atoms with Gasteiger partial charge in [0.05, 0.1) is 6.04 Å². The second-order valence-corrected chi connectivity index (χ2v) is 7.45. The molecular weight excluding hydrogens is 298 g/mol. The van der Waals surface area contributed by atoms with Crippen molar-refractivity contribution in [1.29, 1.82) is 0 Å². The van der Waals surface area contributed by atoms with Crippen LogP contribution in [0.3, 0.4) is 0 Å². The van der Waals surface area contributed by atoms with Crippen LogP contribution in [0.15, 0.2) is 42.6 Å². The largest absolute Gasteiger partial charge is 0.351 e. The van der Waals surface area contributed by atoms with Crippen LogP contribution in [0.2, 0.25) is 0 Å². The average Bonchev–Trinajstić information content (AvgIpc) is 2.73. The molecule has 1 aliphatic rings. The SMILES string of the molecule is CC(C)(C)c1ccc(C2c3cccnc3CCCN2C(N)=O)cc1. The van der Waals surface area contributed by atoms with E-state index in [0.717, 1.165) is 29.7 Å². The van der Waals surface area contributed by atoms with Crippen molar-refractivity contribution < 1.29 is 4.79 Å². The number of carbonyl (C=O) groups excluding carboxylic acids is 1. The molecule has 1 aliphatic heterocycles. The molecule has 0 saturated heterocycles. The zero-order chi connectivity index (χ0) is 17.3. The van der Waals surface area contributed by atoms with Gasteiger partial charge in [-0.3, -0.25) is 4.98 Å². The molecule has 4 heteroatoms. The van der Waals surface area contributed by atoms with E-state index in [2.05, 4.69) is 56.1 Å². The number of carbonyl (C=O) groups is 1. The summed E-state index contributed by atoms with van der Waals surface area (Å²) in [6, 6.07) is 12.0. The Labute approximate surface area is 143 Å². The van der Waals surface area contributed by atoms with E-state index in [1.807, 2.05) is 12.3 Å². The van der Waals surface area contributed by atoms with Gasteiger partial charge in [-0.15, -0.1) is 0 Å². The minimum Gasteiger partial charge on any atom is -0.351 e. The van der Waals surface area contributed by atoms with Crippen molar-refractivity contribution in [3.05, 3.63) is 65.0 Å². The summed E-state index contributed by atoms with van der Waals surface area (Å²) in [7, 11) is 0. The zero-order valence-corrected chi connectivity index (χ0v) is 14.6. The molecule has 0 spiro atoms. The zero-order valence-electron chi connectivity index (χ0n) is 14.6. The number of nitrogens with zero attached hydrogens (tertiary/aromatic N) is 2. The number of aromatic nitrogens is 1. The van der Waals surface area contributed by atoms with E-state index in [9.17, 15) is 4.79 Å². The third-order valence-corrected chi connectivity index (χ3v) is 4.72. The minimum absolute atomic E-state index is 0.102. The van der Waals surface area contributed by atoms with Crippen LogP contribution < -0.4 is 5.73 Å². The third kappa shape index (κ3) is 3.14. The number of hydrogen-bond acceptors (Lipinski definition) is 2.